The molecule has 1 aromatic rings. The van der Waals surface area contributed by atoms with Crippen molar-refractivity contribution < 1.29 is 13.9 Å². The van der Waals surface area contributed by atoms with Gasteiger partial charge >= 0.3 is 0 Å². The Morgan fingerprint density at radius 1 is 1.67 bits per heavy atom. The molecule has 0 aromatic carbocycles. The normalized spacial score (nSPS) is 16.6. The van der Waals surface area contributed by atoms with E-state index >= 15 is 0 Å². The number of hydrogen-bond acceptors (Lipinski definition) is 4. The summed E-state index contributed by atoms with van der Waals surface area (Å²) in [6, 6.07) is 3.55. The Labute approximate surface area is 107 Å². The van der Waals surface area contributed by atoms with Crippen LogP contribution in [0.4, 0.5) is 0 Å². The van der Waals surface area contributed by atoms with Crippen LogP contribution < -0.4 is 5.73 Å². The summed E-state index contributed by atoms with van der Waals surface area (Å²) >= 11 is 0. The number of rotatable bonds is 7. The van der Waals surface area contributed by atoms with Gasteiger partial charge in [-0.3, -0.25) is 4.79 Å². The maximum Gasteiger partial charge on any atom is 0.240 e. The minimum atomic E-state index is -0.486. The SMILES string of the molecule is COCCC(N)C(=O)N(Cc1ccco1)C1CC1. The Kier molecular flexibility index (Phi) is 4.38. The fraction of sp³-hybridized carbons (Fsp3) is 0.615. The van der Waals surface area contributed by atoms with Crippen LogP contribution in [-0.4, -0.2) is 36.6 Å². The van der Waals surface area contributed by atoms with Crippen molar-refractivity contribution >= 4 is 5.91 Å². The predicted molar refractivity (Wildman–Crippen MR) is 66.7 cm³/mol. The Morgan fingerprint density at radius 2 is 2.44 bits per heavy atom. The van der Waals surface area contributed by atoms with Crippen molar-refractivity contribution in [1.82, 2.24) is 4.90 Å². The second kappa shape index (κ2) is 6.02. The van der Waals surface area contributed by atoms with Crippen LogP contribution in [0.15, 0.2) is 22.8 Å². The van der Waals surface area contributed by atoms with Crippen molar-refractivity contribution in [3.05, 3.63) is 24.2 Å². The molecule has 1 unspecified atom stereocenters. The van der Waals surface area contributed by atoms with Crippen LogP contribution in [0.25, 0.3) is 0 Å². The predicted octanol–water partition coefficient (Wildman–Crippen LogP) is 1.13. The molecule has 5 nitrogen and oxygen atoms in total. The molecule has 1 heterocycles. The summed E-state index contributed by atoms with van der Waals surface area (Å²) in [5.74, 6) is 0.792. The highest BCUT2D eigenvalue weighted by Crippen LogP contribution is 2.29. The molecule has 1 saturated carbocycles. The first-order valence-electron chi connectivity index (χ1n) is 6.29. The second-order valence-electron chi connectivity index (χ2n) is 4.66. The van der Waals surface area contributed by atoms with E-state index in [9.17, 15) is 4.79 Å². The summed E-state index contributed by atoms with van der Waals surface area (Å²) in [6.07, 6.45) is 4.29. The zero-order valence-electron chi connectivity index (χ0n) is 10.7. The van der Waals surface area contributed by atoms with E-state index in [1.54, 1.807) is 13.4 Å². The highest BCUT2D eigenvalue weighted by Gasteiger charge is 2.35. The monoisotopic (exact) mass is 252 g/mol. The van der Waals surface area contributed by atoms with Gasteiger partial charge in [-0.2, -0.15) is 0 Å². The molecule has 1 fully saturated rings. The molecule has 0 bridgehead atoms. The first kappa shape index (κ1) is 13.1. The third-order valence-electron chi connectivity index (χ3n) is 3.13. The Bertz CT molecular complexity index is 374. The summed E-state index contributed by atoms with van der Waals surface area (Å²) in [5, 5.41) is 0. The van der Waals surface area contributed by atoms with Crippen LogP contribution in [-0.2, 0) is 16.1 Å². The van der Waals surface area contributed by atoms with Gasteiger partial charge < -0.3 is 19.8 Å². The lowest BCUT2D eigenvalue weighted by Gasteiger charge is -2.24. The lowest BCUT2D eigenvalue weighted by molar-refractivity contribution is -0.134. The largest absolute Gasteiger partial charge is 0.467 e. The van der Waals surface area contributed by atoms with E-state index in [1.165, 1.54) is 0 Å². The quantitative estimate of drug-likeness (QED) is 0.790. The molecule has 1 aliphatic rings. The molecule has 1 aliphatic carbocycles. The summed E-state index contributed by atoms with van der Waals surface area (Å²) in [5.41, 5.74) is 5.90. The number of nitrogens with two attached hydrogens (primary N) is 1. The number of carbonyl (C=O) groups excluding carboxylic acids is 1. The number of ether oxygens (including phenoxy) is 1. The molecule has 100 valence electrons. The van der Waals surface area contributed by atoms with Crippen molar-refractivity contribution in [2.75, 3.05) is 13.7 Å². The maximum atomic E-state index is 12.3. The molecule has 0 aliphatic heterocycles. The molecule has 0 saturated heterocycles. The summed E-state index contributed by atoms with van der Waals surface area (Å²) in [7, 11) is 1.61. The van der Waals surface area contributed by atoms with Crippen molar-refractivity contribution in [2.24, 2.45) is 5.73 Å². The third kappa shape index (κ3) is 3.34. The van der Waals surface area contributed by atoms with Gasteiger partial charge in [-0.05, 0) is 31.4 Å². The van der Waals surface area contributed by atoms with Crippen molar-refractivity contribution in [1.29, 1.82) is 0 Å². The lowest BCUT2D eigenvalue weighted by atomic mass is 10.2. The minimum Gasteiger partial charge on any atom is -0.467 e. The van der Waals surface area contributed by atoms with Gasteiger partial charge in [-0.25, -0.2) is 0 Å². The van der Waals surface area contributed by atoms with Gasteiger partial charge in [0.1, 0.15) is 5.76 Å². The third-order valence-corrected chi connectivity index (χ3v) is 3.13. The summed E-state index contributed by atoms with van der Waals surface area (Å²) in [6.45, 7) is 1.02. The summed E-state index contributed by atoms with van der Waals surface area (Å²) in [4.78, 5) is 14.1. The fourth-order valence-electron chi connectivity index (χ4n) is 1.92. The molecule has 0 radical (unpaired) electrons. The van der Waals surface area contributed by atoms with E-state index in [-0.39, 0.29) is 5.91 Å². The molecule has 0 spiro atoms. The molecule has 18 heavy (non-hydrogen) atoms. The van der Waals surface area contributed by atoms with E-state index < -0.39 is 6.04 Å². The van der Waals surface area contributed by atoms with Crippen LogP contribution in [0, 0.1) is 0 Å². The topological polar surface area (TPSA) is 68.7 Å². The van der Waals surface area contributed by atoms with Crippen molar-refractivity contribution in [3.63, 3.8) is 0 Å². The number of furan rings is 1. The van der Waals surface area contributed by atoms with Crippen LogP contribution >= 0.6 is 0 Å². The standard InChI is InChI=1S/C13H20N2O3/c1-17-8-6-12(14)13(16)15(10-4-5-10)9-11-3-2-7-18-11/h2-3,7,10,12H,4-6,8-9,14H2,1H3. The van der Waals surface area contributed by atoms with E-state index in [0.29, 0.717) is 25.6 Å². The molecule has 1 aromatic heterocycles. The Balaban J connectivity index is 1.94. The fourth-order valence-corrected chi connectivity index (χ4v) is 1.92. The van der Waals surface area contributed by atoms with E-state index in [4.69, 9.17) is 14.9 Å². The Hall–Kier alpha value is -1.33. The first-order valence-corrected chi connectivity index (χ1v) is 6.29. The zero-order valence-corrected chi connectivity index (χ0v) is 10.7. The van der Waals surface area contributed by atoms with Crippen molar-refractivity contribution in [3.8, 4) is 0 Å². The average molecular weight is 252 g/mol. The number of nitrogens with zero attached hydrogens (tertiary/aromatic N) is 1. The molecule has 2 N–H and O–H groups in total. The second-order valence-corrected chi connectivity index (χ2v) is 4.66. The van der Waals surface area contributed by atoms with E-state index in [2.05, 4.69) is 0 Å². The van der Waals surface area contributed by atoms with Crippen LogP contribution in [0.3, 0.4) is 0 Å². The van der Waals surface area contributed by atoms with Gasteiger partial charge in [0.25, 0.3) is 0 Å². The van der Waals surface area contributed by atoms with Gasteiger partial charge in [0, 0.05) is 19.8 Å². The molecular formula is C13H20N2O3. The Morgan fingerprint density at radius 3 is 3.00 bits per heavy atom. The van der Waals surface area contributed by atoms with Crippen LogP contribution in [0.2, 0.25) is 0 Å². The van der Waals surface area contributed by atoms with Gasteiger partial charge in [-0.15, -0.1) is 0 Å². The number of carbonyl (C=O) groups is 1. The van der Waals surface area contributed by atoms with E-state index in [1.807, 2.05) is 17.0 Å². The van der Waals surface area contributed by atoms with E-state index in [0.717, 1.165) is 18.6 Å². The van der Waals surface area contributed by atoms with Crippen LogP contribution in [0.1, 0.15) is 25.0 Å². The zero-order chi connectivity index (χ0) is 13.0. The first-order chi connectivity index (χ1) is 8.72. The van der Waals surface area contributed by atoms with Crippen molar-refractivity contribution in [2.45, 2.75) is 37.9 Å². The molecule has 1 amide bonds. The number of hydrogen-bond donors (Lipinski definition) is 1. The highest BCUT2D eigenvalue weighted by molar-refractivity contribution is 5.82. The van der Waals surface area contributed by atoms with Gasteiger partial charge in [0.2, 0.25) is 5.91 Å². The lowest BCUT2D eigenvalue weighted by Crippen LogP contribution is -2.45. The average Bonchev–Trinajstić information content (AvgIpc) is 3.09. The number of amides is 1. The molecule has 1 atom stereocenters. The smallest absolute Gasteiger partial charge is 0.240 e. The van der Waals surface area contributed by atoms with Gasteiger partial charge in [0.15, 0.2) is 0 Å². The highest BCUT2D eigenvalue weighted by atomic mass is 16.5. The molecular weight excluding hydrogens is 232 g/mol. The summed E-state index contributed by atoms with van der Waals surface area (Å²) < 4.78 is 10.2. The minimum absolute atomic E-state index is 0.00838. The van der Waals surface area contributed by atoms with Gasteiger partial charge in [0.05, 0.1) is 18.8 Å². The maximum absolute atomic E-state index is 12.3. The van der Waals surface area contributed by atoms with Gasteiger partial charge in [-0.1, -0.05) is 0 Å². The van der Waals surface area contributed by atoms with Crippen LogP contribution in [0.5, 0.6) is 0 Å². The molecule has 2 rings (SSSR count). The number of methoxy groups -OCH3 is 1. The molecule has 5 heteroatoms.